The molecule has 0 aliphatic rings. The third-order valence-electron chi connectivity index (χ3n) is 3.71. The monoisotopic (exact) mass is 334 g/mol. The van der Waals surface area contributed by atoms with Crippen LogP contribution in [0, 0.1) is 11.8 Å². The zero-order chi connectivity index (χ0) is 18.1. The SMILES string of the molecule is CNC(=O)C(Cc1ccccc1)NC(=O)C(CC(=O)O)CC(C)C. The molecule has 0 saturated heterocycles. The lowest BCUT2D eigenvalue weighted by atomic mass is 9.92. The summed E-state index contributed by atoms with van der Waals surface area (Å²) in [6.45, 7) is 3.87. The van der Waals surface area contributed by atoms with Gasteiger partial charge in [-0.15, -0.1) is 0 Å². The van der Waals surface area contributed by atoms with Crippen LogP contribution in [-0.2, 0) is 20.8 Å². The minimum absolute atomic E-state index is 0.188. The third kappa shape index (κ3) is 6.81. The smallest absolute Gasteiger partial charge is 0.304 e. The van der Waals surface area contributed by atoms with Gasteiger partial charge in [0.15, 0.2) is 0 Å². The van der Waals surface area contributed by atoms with E-state index in [4.69, 9.17) is 5.11 Å². The number of nitrogens with one attached hydrogen (secondary N) is 2. The largest absolute Gasteiger partial charge is 0.481 e. The van der Waals surface area contributed by atoms with Crippen molar-refractivity contribution in [3.8, 4) is 0 Å². The molecule has 6 nitrogen and oxygen atoms in total. The van der Waals surface area contributed by atoms with Crippen molar-refractivity contribution in [2.75, 3.05) is 7.05 Å². The van der Waals surface area contributed by atoms with Crippen LogP contribution >= 0.6 is 0 Å². The van der Waals surface area contributed by atoms with Gasteiger partial charge in [-0.25, -0.2) is 0 Å². The Morgan fingerprint density at radius 3 is 2.21 bits per heavy atom. The summed E-state index contributed by atoms with van der Waals surface area (Å²) < 4.78 is 0. The summed E-state index contributed by atoms with van der Waals surface area (Å²) in [5.74, 6) is -2.17. The maximum atomic E-state index is 12.5. The quantitative estimate of drug-likeness (QED) is 0.639. The van der Waals surface area contributed by atoms with E-state index in [-0.39, 0.29) is 18.2 Å². The molecule has 3 N–H and O–H groups in total. The van der Waals surface area contributed by atoms with E-state index in [1.54, 1.807) is 0 Å². The van der Waals surface area contributed by atoms with Gasteiger partial charge in [-0.2, -0.15) is 0 Å². The first-order valence-corrected chi connectivity index (χ1v) is 8.11. The fourth-order valence-electron chi connectivity index (χ4n) is 2.59. The highest BCUT2D eigenvalue weighted by Crippen LogP contribution is 2.16. The average Bonchev–Trinajstić information content (AvgIpc) is 2.52. The highest BCUT2D eigenvalue weighted by Gasteiger charge is 2.27. The second kappa shape index (κ2) is 9.70. The molecule has 2 amide bonds. The van der Waals surface area contributed by atoms with Gasteiger partial charge < -0.3 is 15.7 Å². The first kappa shape index (κ1) is 19.7. The molecule has 2 atom stereocenters. The Labute approximate surface area is 142 Å². The molecule has 0 radical (unpaired) electrons. The molecule has 0 aromatic heterocycles. The van der Waals surface area contributed by atoms with Gasteiger partial charge in [0.25, 0.3) is 0 Å². The number of carboxylic acid groups (broad SMARTS) is 1. The summed E-state index contributed by atoms with van der Waals surface area (Å²) in [7, 11) is 1.51. The summed E-state index contributed by atoms with van der Waals surface area (Å²) in [5, 5.41) is 14.3. The zero-order valence-electron chi connectivity index (χ0n) is 14.4. The number of carbonyl (C=O) groups is 3. The number of rotatable bonds is 9. The van der Waals surface area contributed by atoms with Crippen molar-refractivity contribution < 1.29 is 19.5 Å². The van der Waals surface area contributed by atoms with Crippen LogP contribution in [0.15, 0.2) is 30.3 Å². The van der Waals surface area contributed by atoms with Gasteiger partial charge in [-0.3, -0.25) is 14.4 Å². The van der Waals surface area contributed by atoms with Crippen LogP contribution < -0.4 is 10.6 Å². The van der Waals surface area contributed by atoms with Gasteiger partial charge in [0.05, 0.1) is 6.42 Å². The number of carboxylic acids is 1. The van der Waals surface area contributed by atoms with E-state index < -0.39 is 23.8 Å². The molecule has 2 unspecified atom stereocenters. The van der Waals surface area contributed by atoms with Crippen LogP contribution in [-0.4, -0.2) is 36.0 Å². The number of aliphatic carboxylic acids is 1. The Kier molecular flexibility index (Phi) is 7.95. The van der Waals surface area contributed by atoms with Crippen LogP contribution in [0.25, 0.3) is 0 Å². The second-order valence-corrected chi connectivity index (χ2v) is 6.29. The lowest BCUT2D eigenvalue weighted by Gasteiger charge is -2.22. The van der Waals surface area contributed by atoms with Gasteiger partial charge in [0.2, 0.25) is 11.8 Å². The second-order valence-electron chi connectivity index (χ2n) is 6.29. The Hall–Kier alpha value is -2.37. The molecule has 1 rings (SSSR count). The summed E-state index contributed by atoms with van der Waals surface area (Å²) >= 11 is 0. The van der Waals surface area contributed by atoms with Gasteiger partial charge in [0.1, 0.15) is 6.04 Å². The molecular formula is C18H26N2O4. The molecule has 0 bridgehead atoms. The minimum atomic E-state index is -1.02. The molecule has 0 aliphatic heterocycles. The molecule has 6 heteroatoms. The van der Waals surface area contributed by atoms with Crippen molar-refractivity contribution in [1.82, 2.24) is 10.6 Å². The summed E-state index contributed by atoms with van der Waals surface area (Å²) in [6, 6.07) is 8.64. The van der Waals surface area contributed by atoms with E-state index in [0.717, 1.165) is 5.56 Å². The third-order valence-corrected chi connectivity index (χ3v) is 3.71. The van der Waals surface area contributed by atoms with Crippen molar-refractivity contribution in [3.05, 3.63) is 35.9 Å². The van der Waals surface area contributed by atoms with Crippen molar-refractivity contribution in [2.24, 2.45) is 11.8 Å². The Morgan fingerprint density at radius 2 is 1.71 bits per heavy atom. The average molecular weight is 334 g/mol. The van der Waals surface area contributed by atoms with Gasteiger partial charge >= 0.3 is 5.97 Å². The summed E-state index contributed by atoms with van der Waals surface area (Å²) in [5.41, 5.74) is 0.921. The number of likely N-dealkylation sites (N-methyl/N-ethyl adjacent to an activating group) is 1. The van der Waals surface area contributed by atoms with Crippen molar-refractivity contribution >= 4 is 17.8 Å². The Balaban J connectivity index is 2.84. The van der Waals surface area contributed by atoms with E-state index in [0.29, 0.717) is 12.8 Å². The molecule has 0 heterocycles. The number of hydrogen-bond acceptors (Lipinski definition) is 3. The lowest BCUT2D eigenvalue weighted by Crippen LogP contribution is -2.49. The maximum Gasteiger partial charge on any atom is 0.304 e. The molecule has 0 saturated carbocycles. The number of amides is 2. The molecule has 24 heavy (non-hydrogen) atoms. The van der Waals surface area contributed by atoms with E-state index in [2.05, 4.69) is 10.6 Å². The zero-order valence-corrected chi connectivity index (χ0v) is 14.4. The van der Waals surface area contributed by atoms with Crippen LogP contribution in [0.5, 0.6) is 0 Å². The number of hydrogen-bond donors (Lipinski definition) is 3. The standard InChI is InChI=1S/C18H26N2O4/c1-12(2)9-14(11-16(21)22)17(23)20-15(18(24)19-3)10-13-7-5-4-6-8-13/h4-8,12,14-15H,9-11H2,1-3H3,(H,19,24)(H,20,23)(H,21,22). The number of benzene rings is 1. The summed E-state index contributed by atoms with van der Waals surface area (Å²) in [4.78, 5) is 35.6. The lowest BCUT2D eigenvalue weighted by molar-refractivity contribution is -0.141. The molecule has 1 aromatic rings. The van der Waals surface area contributed by atoms with Gasteiger partial charge in [-0.1, -0.05) is 44.2 Å². The Morgan fingerprint density at radius 1 is 1.08 bits per heavy atom. The normalized spacial score (nSPS) is 13.2. The van der Waals surface area contributed by atoms with Gasteiger partial charge in [0, 0.05) is 19.4 Å². The predicted molar refractivity (Wildman–Crippen MR) is 91.3 cm³/mol. The fraction of sp³-hybridized carbons (Fsp3) is 0.500. The molecule has 1 aromatic carbocycles. The molecular weight excluding hydrogens is 308 g/mol. The first-order valence-electron chi connectivity index (χ1n) is 8.11. The molecule has 0 fully saturated rings. The van der Waals surface area contributed by atoms with E-state index >= 15 is 0 Å². The number of carbonyl (C=O) groups excluding carboxylic acids is 2. The van der Waals surface area contributed by atoms with Crippen LogP contribution in [0.4, 0.5) is 0 Å². The highest BCUT2D eigenvalue weighted by molar-refractivity contribution is 5.89. The van der Waals surface area contributed by atoms with Crippen LogP contribution in [0.1, 0.15) is 32.3 Å². The minimum Gasteiger partial charge on any atom is -0.481 e. The van der Waals surface area contributed by atoms with Crippen LogP contribution in [0.2, 0.25) is 0 Å². The maximum absolute atomic E-state index is 12.5. The topological polar surface area (TPSA) is 95.5 Å². The fourth-order valence-corrected chi connectivity index (χ4v) is 2.59. The van der Waals surface area contributed by atoms with E-state index in [1.165, 1.54) is 7.05 Å². The summed E-state index contributed by atoms with van der Waals surface area (Å²) in [6.07, 6.45) is 0.577. The van der Waals surface area contributed by atoms with E-state index in [1.807, 2.05) is 44.2 Å². The van der Waals surface area contributed by atoms with Crippen molar-refractivity contribution in [1.29, 1.82) is 0 Å². The van der Waals surface area contributed by atoms with E-state index in [9.17, 15) is 14.4 Å². The predicted octanol–water partition coefficient (Wildman–Crippen LogP) is 1.60. The van der Waals surface area contributed by atoms with Crippen LogP contribution in [0.3, 0.4) is 0 Å². The molecule has 0 spiro atoms. The van der Waals surface area contributed by atoms with Gasteiger partial charge in [-0.05, 0) is 17.9 Å². The van der Waals surface area contributed by atoms with Crippen molar-refractivity contribution in [2.45, 2.75) is 39.2 Å². The molecule has 0 aliphatic carbocycles. The first-order chi connectivity index (χ1) is 11.3. The Bertz CT molecular complexity index is 557. The highest BCUT2D eigenvalue weighted by atomic mass is 16.4. The molecule has 132 valence electrons. The van der Waals surface area contributed by atoms with Crippen molar-refractivity contribution in [3.63, 3.8) is 0 Å².